The first-order chi connectivity index (χ1) is 13.6. The van der Waals surface area contributed by atoms with Gasteiger partial charge in [0.15, 0.2) is 0 Å². The topological polar surface area (TPSA) is 15.6 Å². The molecule has 2 nitrogen and oxygen atoms in total. The molecule has 4 rings (SSSR count). The predicted molar refractivity (Wildman–Crippen MR) is 127 cm³/mol. The van der Waals surface area contributed by atoms with Crippen molar-refractivity contribution < 1.29 is 0 Å². The number of hydrogen-bond donors (Lipinski definition) is 0. The van der Waals surface area contributed by atoms with Crippen molar-refractivity contribution in [1.29, 1.82) is 0 Å². The zero-order chi connectivity index (χ0) is 20.5. The van der Waals surface area contributed by atoms with E-state index < -0.39 is 0 Å². The molecule has 0 N–H and O–H groups in total. The molecule has 0 saturated carbocycles. The van der Waals surface area contributed by atoms with Crippen molar-refractivity contribution in [3.63, 3.8) is 0 Å². The van der Waals surface area contributed by atoms with Gasteiger partial charge in [-0.25, -0.2) is 0 Å². The normalized spacial score (nSPS) is 17.4. The molecule has 1 unspecified atom stereocenters. The summed E-state index contributed by atoms with van der Waals surface area (Å²) in [7, 11) is 2.18. The second-order valence-electron chi connectivity index (χ2n) is 6.39. The van der Waals surface area contributed by atoms with Gasteiger partial charge in [0, 0.05) is 30.1 Å². The molecule has 0 amide bonds. The van der Waals surface area contributed by atoms with Gasteiger partial charge >= 0.3 is 0 Å². The smallest absolute Gasteiger partial charge is 0.0934 e. The Morgan fingerprint density at radius 2 is 1.89 bits per heavy atom. The zero-order valence-electron chi connectivity index (χ0n) is 17.0. The Labute approximate surface area is 178 Å². The van der Waals surface area contributed by atoms with Crippen molar-refractivity contribution in [2.24, 2.45) is 4.99 Å². The number of likely N-dealkylation sites (N-methyl/N-ethyl adjacent to an activating group) is 1. The number of aliphatic imine (C=N–C) groups is 1. The molecule has 1 aromatic carbocycles. The minimum Gasteiger partial charge on any atom is -0.300 e. The van der Waals surface area contributed by atoms with Crippen LogP contribution in [0, 0.1) is 0 Å². The molecule has 0 saturated heterocycles. The highest BCUT2D eigenvalue weighted by Crippen LogP contribution is 2.41. The third-order valence-electron chi connectivity index (χ3n) is 4.56. The molecule has 1 atom stereocenters. The van der Waals surface area contributed by atoms with E-state index in [1.54, 1.807) is 23.5 Å². The minimum atomic E-state index is 0.378. The van der Waals surface area contributed by atoms with Crippen LogP contribution in [0.25, 0.3) is 5.57 Å². The maximum Gasteiger partial charge on any atom is 0.0934 e. The fourth-order valence-corrected chi connectivity index (χ4v) is 4.83. The van der Waals surface area contributed by atoms with Gasteiger partial charge < -0.3 is 4.90 Å². The van der Waals surface area contributed by atoms with E-state index in [0.717, 1.165) is 24.0 Å². The first kappa shape index (κ1) is 22.4. The van der Waals surface area contributed by atoms with Crippen LogP contribution in [0.2, 0.25) is 4.34 Å². The molecule has 0 aliphatic carbocycles. The van der Waals surface area contributed by atoms with E-state index in [4.69, 9.17) is 11.6 Å². The van der Waals surface area contributed by atoms with Crippen LogP contribution in [0.4, 0.5) is 0 Å². The average Bonchev–Trinajstić information content (AvgIpc) is 3.38. The molecular formula is C24H29ClN2S. The lowest BCUT2D eigenvalue weighted by Crippen LogP contribution is -2.30. The minimum absolute atomic E-state index is 0.378. The highest BCUT2D eigenvalue weighted by Gasteiger charge is 2.28. The van der Waals surface area contributed by atoms with Crippen LogP contribution in [0.1, 0.15) is 41.3 Å². The average molecular weight is 413 g/mol. The SMILES string of the molecule is C=CC=C.CC.CN1Cc2sc(Cl)cc2C(c2ccccc2C2=CCN=C2)C1. The summed E-state index contributed by atoms with van der Waals surface area (Å²) in [4.78, 5) is 8.12. The summed E-state index contributed by atoms with van der Waals surface area (Å²) in [6.07, 6.45) is 7.47. The monoisotopic (exact) mass is 412 g/mol. The number of halogens is 1. The summed E-state index contributed by atoms with van der Waals surface area (Å²) in [5.74, 6) is 0.378. The maximum absolute atomic E-state index is 6.29. The second kappa shape index (κ2) is 11.2. The van der Waals surface area contributed by atoms with Crippen LogP contribution in [0.15, 0.2) is 66.7 Å². The molecule has 0 bridgehead atoms. The summed E-state index contributed by atoms with van der Waals surface area (Å²) in [5.41, 5.74) is 5.32. The van der Waals surface area contributed by atoms with E-state index in [9.17, 15) is 0 Å². The van der Waals surface area contributed by atoms with Crippen LogP contribution in [0.3, 0.4) is 0 Å². The van der Waals surface area contributed by atoms with Crippen molar-refractivity contribution >= 4 is 34.7 Å². The van der Waals surface area contributed by atoms with Gasteiger partial charge in [0.1, 0.15) is 0 Å². The Hall–Kier alpha value is -1.94. The molecule has 28 heavy (non-hydrogen) atoms. The molecule has 2 aliphatic heterocycles. The first-order valence-corrected chi connectivity index (χ1v) is 10.8. The number of allylic oxidation sites excluding steroid dienone is 3. The summed E-state index contributed by atoms with van der Waals surface area (Å²) in [6.45, 7) is 13.5. The maximum atomic E-state index is 6.29. The van der Waals surface area contributed by atoms with Crippen molar-refractivity contribution in [1.82, 2.24) is 4.90 Å². The van der Waals surface area contributed by atoms with Crippen LogP contribution in [-0.2, 0) is 6.54 Å². The van der Waals surface area contributed by atoms with Gasteiger partial charge in [-0.1, -0.05) is 81.1 Å². The Morgan fingerprint density at radius 3 is 2.54 bits per heavy atom. The van der Waals surface area contributed by atoms with Crippen LogP contribution in [0.5, 0.6) is 0 Å². The third-order valence-corrected chi connectivity index (χ3v) is 5.82. The van der Waals surface area contributed by atoms with Gasteiger partial charge in [-0.15, -0.1) is 11.3 Å². The van der Waals surface area contributed by atoms with Gasteiger partial charge in [-0.05, 0) is 35.4 Å². The van der Waals surface area contributed by atoms with Crippen molar-refractivity contribution in [2.45, 2.75) is 26.3 Å². The number of thiophene rings is 1. The van der Waals surface area contributed by atoms with Gasteiger partial charge in [0.25, 0.3) is 0 Å². The Balaban J connectivity index is 0.000000419. The number of nitrogens with zero attached hydrogens (tertiary/aromatic N) is 2. The number of fused-ring (bicyclic) bond motifs is 1. The summed E-state index contributed by atoms with van der Waals surface area (Å²) in [6, 6.07) is 10.9. The molecule has 4 heteroatoms. The van der Waals surface area contributed by atoms with Gasteiger partial charge in [0.05, 0.1) is 10.9 Å². The van der Waals surface area contributed by atoms with Crippen LogP contribution < -0.4 is 0 Å². The van der Waals surface area contributed by atoms with E-state index >= 15 is 0 Å². The second-order valence-corrected chi connectivity index (χ2v) is 8.16. The first-order valence-electron chi connectivity index (χ1n) is 9.63. The van der Waals surface area contributed by atoms with Gasteiger partial charge in [0.2, 0.25) is 0 Å². The highest BCUT2D eigenvalue weighted by molar-refractivity contribution is 7.16. The predicted octanol–water partition coefficient (Wildman–Crippen LogP) is 6.83. The van der Waals surface area contributed by atoms with Crippen LogP contribution >= 0.6 is 22.9 Å². The molecule has 3 heterocycles. The Bertz CT molecular complexity index is 857. The molecule has 2 aliphatic rings. The third kappa shape index (κ3) is 5.32. The van der Waals surface area contributed by atoms with Gasteiger partial charge in [-0.3, -0.25) is 4.99 Å². The van der Waals surface area contributed by atoms with E-state index in [1.807, 2.05) is 20.1 Å². The molecule has 0 fully saturated rings. The number of rotatable bonds is 3. The van der Waals surface area contributed by atoms with E-state index in [2.05, 4.69) is 66.5 Å². The molecule has 2 aromatic rings. The lowest BCUT2D eigenvalue weighted by molar-refractivity contribution is 0.299. The lowest BCUT2D eigenvalue weighted by Gasteiger charge is -2.31. The molecular weight excluding hydrogens is 384 g/mol. The quantitative estimate of drug-likeness (QED) is 0.504. The van der Waals surface area contributed by atoms with Gasteiger partial charge in [-0.2, -0.15) is 0 Å². The van der Waals surface area contributed by atoms with Crippen LogP contribution in [-0.4, -0.2) is 31.3 Å². The van der Waals surface area contributed by atoms with E-state index in [1.165, 1.54) is 27.1 Å². The Morgan fingerprint density at radius 1 is 1.18 bits per heavy atom. The molecule has 0 radical (unpaired) electrons. The zero-order valence-corrected chi connectivity index (χ0v) is 18.6. The largest absolute Gasteiger partial charge is 0.300 e. The van der Waals surface area contributed by atoms with Crippen molar-refractivity contribution in [2.75, 3.05) is 20.1 Å². The van der Waals surface area contributed by atoms with E-state index in [-0.39, 0.29) is 0 Å². The fourth-order valence-electron chi connectivity index (χ4n) is 3.41. The standard InChI is InChI=1S/C18H17ClN2S.C4H6.C2H6/c1-21-10-16(15-8-18(19)22-17(15)11-21)14-5-3-2-4-13(14)12-6-7-20-9-12;1-3-4-2;1-2/h2-6,8-9,16H,7,10-11H2,1H3;3-4H,1-2H2;1-2H3. The number of benzene rings is 1. The molecule has 0 spiro atoms. The molecule has 1 aromatic heterocycles. The summed E-state index contributed by atoms with van der Waals surface area (Å²) in [5, 5.41) is 0. The fraction of sp³-hybridized carbons (Fsp3) is 0.292. The van der Waals surface area contributed by atoms with Crippen molar-refractivity contribution in [3.8, 4) is 0 Å². The Kier molecular flexibility index (Phi) is 8.91. The summed E-state index contributed by atoms with van der Waals surface area (Å²) >= 11 is 8.00. The highest BCUT2D eigenvalue weighted by atomic mass is 35.5. The molecule has 148 valence electrons. The van der Waals surface area contributed by atoms with E-state index in [0.29, 0.717) is 5.92 Å². The summed E-state index contributed by atoms with van der Waals surface area (Å²) < 4.78 is 0.893. The number of hydrogen-bond acceptors (Lipinski definition) is 3. The lowest BCUT2D eigenvalue weighted by atomic mass is 9.84. The van der Waals surface area contributed by atoms with Crippen molar-refractivity contribution in [3.05, 3.63) is 87.6 Å².